The van der Waals surface area contributed by atoms with Crippen molar-refractivity contribution in [1.82, 2.24) is 19.3 Å². The first-order chi connectivity index (χ1) is 14.3. The van der Waals surface area contributed by atoms with Crippen LogP contribution in [-0.4, -0.2) is 46.7 Å². The van der Waals surface area contributed by atoms with Crippen molar-refractivity contribution in [2.75, 3.05) is 12.4 Å². The topological polar surface area (TPSA) is 97.2 Å². The SMILES string of the molecule is CC(C)N(C)S(=O)(=O)c1ccc(NC(=O)/C=C/c2cnn(-c3ccccc3)n2)cc1. The van der Waals surface area contributed by atoms with Crippen molar-refractivity contribution in [3.63, 3.8) is 0 Å². The van der Waals surface area contributed by atoms with Crippen LogP contribution in [0.25, 0.3) is 11.8 Å². The summed E-state index contributed by atoms with van der Waals surface area (Å²) < 4.78 is 26.3. The Bertz CT molecular complexity index is 1140. The van der Waals surface area contributed by atoms with Gasteiger partial charge in [-0.2, -0.15) is 14.2 Å². The second kappa shape index (κ2) is 9.02. The maximum absolute atomic E-state index is 12.5. The summed E-state index contributed by atoms with van der Waals surface area (Å²) in [5.41, 5.74) is 1.84. The first-order valence-electron chi connectivity index (χ1n) is 9.32. The Morgan fingerprint density at radius 2 is 1.77 bits per heavy atom. The van der Waals surface area contributed by atoms with Gasteiger partial charge >= 0.3 is 0 Å². The Balaban J connectivity index is 1.63. The average Bonchev–Trinajstić information content (AvgIpc) is 3.22. The van der Waals surface area contributed by atoms with Gasteiger partial charge in [0.1, 0.15) is 5.69 Å². The number of nitrogens with one attached hydrogen (secondary N) is 1. The van der Waals surface area contributed by atoms with Crippen molar-refractivity contribution in [2.24, 2.45) is 0 Å². The number of hydrogen-bond acceptors (Lipinski definition) is 5. The molecule has 3 aromatic rings. The first kappa shape index (κ1) is 21.4. The van der Waals surface area contributed by atoms with Crippen molar-refractivity contribution in [3.05, 3.63) is 72.6 Å². The molecule has 0 spiro atoms. The second-order valence-corrected chi connectivity index (χ2v) is 8.85. The highest BCUT2D eigenvalue weighted by atomic mass is 32.2. The van der Waals surface area contributed by atoms with E-state index in [1.54, 1.807) is 38.3 Å². The standard InChI is InChI=1S/C21H23N5O3S/c1-16(2)25(3)30(28,29)20-12-9-17(10-13-20)23-21(27)14-11-18-15-22-26(24-18)19-7-5-4-6-8-19/h4-16H,1-3H3,(H,23,27)/b14-11+. The van der Waals surface area contributed by atoms with Crippen LogP contribution in [0.2, 0.25) is 0 Å². The number of carbonyl (C=O) groups is 1. The molecule has 0 saturated carbocycles. The van der Waals surface area contributed by atoms with Gasteiger partial charge in [-0.25, -0.2) is 8.42 Å². The van der Waals surface area contributed by atoms with Gasteiger partial charge in [-0.3, -0.25) is 4.79 Å². The van der Waals surface area contributed by atoms with Gasteiger partial charge in [0.15, 0.2) is 0 Å². The molecule has 8 nitrogen and oxygen atoms in total. The number of benzene rings is 2. The maximum atomic E-state index is 12.5. The molecule has 0 aliphatic carbocycles. The lowest BCUT2D eigenvalue weighted by atomic mass is 10.3. The number of anilines is 1. The summed E-state index contributed by atoms with van der Waals surface area (Å²) in [6, 6.07) is 15.3. The lowest BCUT2D eigenvalue weighted by molar-refractivity contribution is -0.111. The number of rotatable bonds is 7. The summed E-state index contributed by atoms with van der Waals surface area (Å²) in [5, 5.41) is 11.2. The molecule has 1 amide bonds. The van der Waals surface area contributed by atoms with E-state index >= 15 is 0 Å². The van der Waals surface area contributed by atoms with E-state index in [0.717, 1.165) is 5.69 Å². The van der Waals surface area contributed by atoms with E-state index in [9.17, 15) is 13.2 Å². The number of amides is 1. The summed E-state index contributed by atoms with van der Waals surface area (Å²) in [4.78, 5) is 13.8. The Labute approximate surface area is 175 Å². The molecule has 0 radical (unpaired) electrons. The molecule has 3 rings (SSSR count). The molecule has 0 fully saturated rings. The molecule has 30 heavy (non-hydrogen) atoms. The monoisotopic (exact) mass is 425 g/mol. The van der Waals surface area contributed by atoms with Crippen LogP contribution in [0.3, 0.4) is 0 Å². The molecule has 0 atom stereocenters. The van der Waals surface area contributed by atoms with Gasteiger partial charge in [-0.15, -0.1) is 5.10 Å². The summed E-state index contributed by atoms with van der Waals surface area (Å²) >= 11 is 0. The smallest absolute Gasteiger partial charge is 0.248 e. The highest BCUT2D eigenvalue weighted by molar-refractivity contribution is 7.89. The predicted octanol–water partition coefficient (Wildman–Crippen LogP) is 2.95. The van der Waals surface area contributed by atoms with Gasteiger partial charge in [0.05, 0.1) is 16.8 Å². The predicted molar refractivity (Wildman–Crippen MR) is 116 cm³/mol. The Morgan fingerprint density at radius 3 is 2.40 bits per heavy atom. The highest BCUT2D eigenvalue weighted by Crippen LogP contribution is 2.19. The third-order valence-electron chi connectivity index (χ3n) is 4.43. The first-order valence-corrected chi connectivity index (χ1v) is 10.8. The minimum atomic E-state index is -3.56. The number of nitrogens with zero attached hydrogens (tertiary/aromatic N) is 4. The molecular formula is C21H23N5O3S. The van der Waals surface area contributed by atoms with E-state index in [1.807, 2.05) is 30.3 Å². The van der Waals surface area contributed by atoms with Crippen LogP contribution in [0, 0.1) is 0 Å². The molecule has 0 bridgehead atoms. The summed E-state index contributed by atoms with van der Waals surface area (Å²) in [6.45, 7) is 3.60. The Kier molecular flexibility index (Phi) is 6.43. The third-order valence-corrected chi connectivity index (χ3v) is 6.48. The van der Waals surface area contributed by atoms with Gasteiger partial charge in [0, 0.05) is 24.9 Å². The van der Waals surface area contributed by atoms with Crippen LogP contribution in [-0.2, 0) is 14.8 Å². The van der Waals surface area contributed by atoms with Gasteiger partial charge in [-0.1, -0.05) is 18.2 Å². The van der Waals surface area contributed by atoms with Crippen molar-refractivity contribution < 1.29 is 13.2 Å². The average molecular weight is 426 g/mol. The van der Waals surface area contributed by atoms with Crippen molar-refractivity contribution in [3.8, 4) is 5.69 Å². The molecule has 1 N–H and O–H groups in total. The normalized spacial score (nSPS) is 12.0. The summed E-state index contributed by atoms with van der Waals surface area (Å²) in [7, 11) is -2.03. The van der Waals surface area contributed by atoms with E-state index in [0.29, 0.717) is 11.4 Å². The number of carbonyl (C=O) groups excluding carboxylic acids is 1. The van der Waals surface area contributed by atoms with Crippen LogP contribution in [0.4, 0.5) is 5.69 Å². The van der Waals surface area contributed by atoms with E-state index in [-0.39, 0.29) is 16.8 Å². The number of para-hydroxylation sites is 1. The fourth-order valence-corrected chi connectivity index (χ4v) is 3.90. The molecule has 0 saturated heterocycles. The van der Waals surface area contributed by atoms with Gasteiger partial charge in [0.2, 0.25) is 15.9 Å². The highest BCUT2D eigenvalue weighted by Gasteiger charge is 2.22. The van der Waals surface area contributed by atoms with Gasteiger partial charge in [0.25, 0.3) is 0 Å². The zero-order chi connectivity index (χ0) is 21.7. The second-order valence-electron chi connectivity index (χ2n) is 6.86. The quantitative estimate of drug-likeness (QED) is 0.587. The molecule has 0 aliphatic rings. The lowest BCUT2D eigenvalue weighted by Gasteiger charge is -2.21. The minimum Gasteiger partial charge on any atom is -0.323 e. The van der Waals surface area contributed by atoms with Crippen molar-refractivity contribution >= 4 is 27.7 Å². The number of sulfonamides is 1. The Hall–Kier alpha value is -3.30. The zero-order valence-electron chi connectivity index (χ0n) is 16.9. The van der Waals surface area contributed by atoms with E-state index in [2.05, 4.69) is 15.5 Å². The van der Waals surface area contributed by atoms with Gasteiger partial charge in [-0.05, 0) is 56.3 Å². The number of aromatic nitrogens is 3. The third kappa shape index (κ3) is 5.00. The van der Waals surface area contributed by atoms with E-state index in [1.165, 1.54) is 34.4 Å². The molecular weight excluding hydrogens is 402 g/mol. The largest absolute Gasteiger partial charge is 0.323 e. The fraction of sp³-hybridized carbons (Fsp3) is 0.190. The fourth-order valence-electron chi connectivity index (χ4n) is 2.54. The minimum absolute atomic E-state index is 0.153. The maximum Gasteiger partial charge on any atom is 0.248 e. The molecule has 1 heterocycles. The molecule has 0 aliphatic heterocycles. The molecule has 0 unspecified atom stereocenters. The molecule has 1 aromatic heterocycles. The molecule has 2 aromatic carbocycles. The molecule has 9 heteroatoms. The van der Waals surface area contributed by atoms with Crippen LogP contribution >= 0.6 is 0 Å². The zero-order valence-corrected chi connectivity index (χ0v) is 17.7. The number of hydrogen-bond donors (Lipinski definition) is 1. The lowest BCUT2D eigenvalue weighted by Crippen LogP contribution is -2.33. The van der Waals surface area contributed by atoms with Crippen molar-refractivity contribution in [1.29, 1.82) is 0 Å². The van der Waals surface area contributed by atoms with Gasteiger partial charge < -0.3 is 5.32 Å². The van der Waals surface area contributed by atoms with Crippen LogP contribution in [0.15, 0.2) is 71.8 Å². The van der Waals surface area contributed by atoms with E-state index < -0.39 is 10.0 Å². The van der Waals surface area contributed by atoms with Crippen LogP contribution in [0.1, 0.15) is 19.5 Å². The van der Waals surface area contributed by atoms with E-state index in [4.69, 9.17) is 0 Å². The van der Waals surface area contributed by atoms with Crippen LogP contribution in [0.5, 0.6) is 0 Å². The van der Waals surface area contributed by atoms with Crippen molar-refractivity contribution in [2.45, 2.75) is 24.8 Å². The summed E-state index contributed by atoms with van der Waals surface area (Å²) in [6.07, 6.45) is 4.45. The summed E-state index contributed by atoms with van der Waals surface area (Å²) in [5.74, 6) is -0.362. The molecule has 156 valence electrons. The van der Waals surface area contributed by atoms with Crippen LogP contribution < -0.4 is 5.32 Å². The Morgan fingerprint density at radius 1 is 1.10 bits per heavy atom.